The van der Waals surface area contributed by atoms with Gasteiger partial charge in [-0.1, -0.05) is 30.3 Å². The molecular weight excluding hydrogens is 327 g/mol. The van der Waals surface area contributed by atoms with E-state index in [-0.39, 0.29) is 13.2 Å². The summed E-state index contributed by atoms with van der Waals surface area (Å²) in [4.78, 5) is 25.1. The lowest BCUT2D eigenvalue weighted by Crippen LogP contribution is -2.54. The maximum atomic E-state index is 14.3. The van der Waals surface area contributed by atoms with Crippen molar-refractivity contribution in [2.75, 3.05) is 13.1 Å². The summed E-state index contributed by atoms with van der Waals surface area (Å²) in [7, 11) is 0. The van der Waals surface area contributed by atoms with Gasteiger partial charge in [0.1, 0.15) is 18.4 Å². The molecule has 6 nitrogen and oxygen atoms in total. The Kier molecular flexibility index (Phi) is 6.22. The van der Waals surface area contributed by atoms with E-state index in [2.05, 4.69) is 5.32 Å². The molecule has 1 aromatic carbocycles. The SMILES string of the molecule is CC(C)(C)OC(=O)N[C@@H]1CCN(C(=O)OCc2ccccc2)C[C@H]1F. The van der Waals surface area contributed by atoms with Crippen molar-refractivity contribution in [3.63, 3.8) is 0 Å². The first-order chi connectivity index (χ1) is 11.7. The van der Waals surface area contributed by atoms with Crippen molar-refractivity contribution >= 4 is 12.2 Å². The van der Waals surface area contributed by atoms with Crippen molar-refractivity contribution in [2.45, 2.75) is 51.6 Å². The highest BCUT2D eigenvalue weighted by Crippen LogP contribution is 2.17. The van der Waals surface area contributed by atoms with Crippen molar-refractivity contribution in [1.29, 1.82) is 0 Å². The zero-order valence-corrected chi connectivity index (χ0v) is 14.8. The van der Waals surface area contributed by atoms with Crippen LogP contribution in [0.15, 0.2) is 30.3 Å². The van der Waals surface area contributed by atoms with Crippen molar-refractivity contribution in [3.8, 4) is 0 Å². The second-order valence-electron chi connectivity index (χ2n) is 7.04. The lowest BCUT2D eigenvalue weighted by Gasteiger charge is -2.34. The predicted molar refractivity (Wildman–Crippen MR) is 90.9 cm³/mol. The van der Waals surface area contributed by atoms with Gasteiger partial charge >= 0.3 is 12.2 Å². The standard InChI is InChI=1S/C18H25FN2O4/c1-18(2,3)25-16(22)20-15-9-10-21(11-14(15)19)17(23)24-12-13-7-5-4-6-8-13/h4-8,14-15H,9-12H2,1-3H3,(H,20,22)/t14-,15-/m1/s1. The molecular formula is C18H25FN2O4. The number of halogens is 1. The van der Waals surface area contributed by atoms with Crippen LogP contribution in [0.4, 0.5) is 14.0 Å². The molecule has 1 saturated heterocycles. The number of nitrogens with one attached hydrogen (secondary N) is 1. The van der Waals surface area contributed by atoms with Crippen LogP contribution >= 0.6 is 0 Å². The fourth-order valence-corrected chi connectivity index (χ4v) is 2.50. The van der Waals surface area contributed by atoms with E-state index in [0.29, 0.717) is 13.0 Å². The first-order valence-electron chi connectivity index (χ1n) is 8.34. The van der Waals surface area contributed by atoms with Gasteiger partial charge in [-0.2, -0.15) is 0 Å². The average molecular weight is 352 g/mol. The summed E-state index contributed by atoms with van der Waals surface area (Å²) in [5.41, 5.74) is 0.229. The predicted octanol–water partition coefficient (Wildman–Crippen LogP) is 3.26. The summed E-state index contributed by atoms with van der Waals surface area (Å²) < 4.78 is 24.6. The third-order valence-electron chi connectivity index (χ3n) is 3.71. The molecule has 1 heterocycles. The summed E-state index contributed by atoms with van der Waals surface area (Å²) >= 11 is 0. The Morgan fingerprint density at radius 2 is 1.96 bits per heavy atom. The number of likely N-dealkylation sites (tertiary alicyclic amines) is 1. The Morgan fingerprint density at radius 3 is 2.56 bits per heavy atom. The van der Waals surface area contributed by atoms with Crippen molar-refractivity contribution in [2.24, 2.45) is 0 Å². The van der Waals surface area contributed by atoms with E-state index in [1.165, 1.54) is 4.90 Å². The molecule has 0 saturated carbocycles. The number of benzene rings is 1. The molecule has 0 bridgehead atoms. The van der Waals surface area contributed by atoms with Crippen LogP contribution in [-0.4, -0.2) is 48.0 Å². The third kappa shape index (κ3) is 6.25. The van der Waals surface area contributed by atoms with Crippen LogP contribution in [0.5, 0.6) is 0 Å². The van der Waals surface area contributed by atoms with E-state index >= 15 is 0 Å². The number of piperidine rings is 1. The summed E-state index contributed by atoms with van der Waals surface area (Å²) in [6, 6.07) is 8.61. The summed E-state index contributed by atoms with van der Waals surface area (Å²) in [6.45, 7) is 5.57. The lowest BCUT2D eigenvalue weighted by atomic mass is 10.0. The summed E-state index contributed by atoms with van der Waals surface area (Å²) in [5.74, 6) is 0. The van der Waals surface area contributed by atoms with Crippen molar-refractivity contribution in [3.05, 3.63) is 35.9 Å². The maximum Gasteiger partial charge on any atom is 0.410 e. The molecule has 0 spiro atoms. The molecule has 1 N–H and O–H groups in total. The van der Waals surface area contributed by atoms with Gasteiger partial charge in [-0.25, -0.2) is 14.0 Å². The fraction of sp³-hybridized carbons (Fsp3) is 0.556. The first-order valence-corrected chi connectivity index (χ1v) is 8.34. The van der Waals surface area contributed by atoms with Crippen LogP contribution in [0, 0.1) is 0 Å². The number of carbonyl (C=O) groups is 2. The maximum absolute atomic E-state index is 14.3. The highest BCUT2D eigenvalue weighted by atomic mass is 19.1. The average Bonchev–Trinajstić information content (AvgIpc) is 2.53. The molecule has 0 aliphatic carbocycles. The minimum absolute atomic E-state index is 0.117. The number of rotatable bonds is 3. The quantitative estimate of drug-likeness (QED) is 0.907. The van der Waals surface area contributed by atoms with E-state index in [9.17, 15) is 14.0 Å². The van der Waals surface area contributed by atoms with Gasteiger partial charge in [0.25, 0.3) is 0 Å². The van der Waals surface area contributed by atoms with Gasteiger partial charge in [-0.05, 0) is 32.8 Å². The van der Waals surface area contributed by atoms with Crippen LogP contribution in [-0.2, 0) is 16.1 Å². The molecule has 1 aliphatic rings. The van der Waals surface area contributed by atoms with Gasteiger partial charge in [0.2, 0.25) is 0 Å². The second-order valence-corrected chi connectivity index (χ2v) is 7.04. The smallest absolute Gasteiger partial charge is 0.410 e. The number of hydrogen-bond acceptors (Lipinski definition) is 4. The normalized spacial score (nSPS) is 20.7. The van der Waals surface area contributed by atoms with Crippen molar-refractivity contribution < 1.29 is 23.5 Å². The van der Waals surface area contributed by atoms with Crippen LogP contribution in [0.1, 0.15) is 32.8 Å². The molecule has 7 heteroatoms. The van der Waals surface area contributed by atoms with Gasteiger partial charge in [-0.3, -0.25) is 0 Å². The molecule has 2 rings (SSSR count). The Balaban J connectivity index is 1.78. The number of alkyl carbamates (subject to hydrolysis) is 1. The second kappa shape index (κ2) is 8.18. The number of alkyl halides is 1. The topological polar surface area (TPSA) is 67.9 Å². The number of carbonyl (C=O) groups excluding carboxylic acids is 2. The molecule has 138 valence electrons. The number of ether oxygens (including phenoxy) is 2. The van der Waals surface area contributed by atoms with Crippen LogP contribution in [0.3, 0.4) is 0 Å². The molecule has 0 aromatic heterocycles. The van der Waals surface area contributed by atoms with E-state index in [4.69, 9.17) is 9.47 Å². The number of hydrogen-bond donors (Lipinski definition) is 1. The Bertz CT molecular complexity index is 588. The van der Waals surface area contributed by atoms with Crippen LogP contribution in [0.2, 0.25) is 0 Å². The van der Waals surface area contributed by atoms with Gasteiger partial charge < -0.3 is 19.7 Å². The number of amides is 2. The summed E-state index contributed by atoms with van der Waals surface area (Å²) in [6.07, 6.45) is -2.27. The van der Waals surface area contributed by atoms with Gasteiger partial charge in [0.05, 0.1) is 12.6 Å². The van der Waals surface area contributed by atoms with E-state index < -0.39 is 30.0 Å². The van der Waals surface area contributed by atoms with E-state index in [1.54, 1.807) is 20.8 Å². The Hall–Kier alpha value is -2.31. The highest BCUT2D eigenvalue weighted by Gasteiger charge is 2.34. The van der Waals surface area contributed by atoms with Gasteiger partial charge in [0, 0.05) is 6.54 Å². The summed E-state index contributed by atoms with van der Waals surface area (Å²) in [5, 5.41) is 2.53. The van der Waals surface area contributed by atoms with Crippen LogP contribution in [0.25, 0.3) is 0 Å². The Morgan fingerprint density at radius 1 is 1.28 bits per heavy atom. The molecule has 25 heavy (non-hydrogen) atoms. The lowest BCUT2D eigenvalue weighted by molar-refractivity contribution is 0.0365. The molecule has 0 unspecified atom stereocenters. The largest absolute Gasteiger partial charge is 0.445 e. The fourth-order valence-electron chi connectivity index (χ4n) is 2.50. The number of nitrogens with zero attached hydrogens (tertiary/aromatic N) is 1. The molecule has 1 aromatic rings. The minimum Gasteiger partial charge on any atom is -0.445 e. The monoisotopic (exact) mass is 352 g/mol. The third-order valence-corrected chi connectivity index (χ3v) is 3.71. The highest BCUT2D eigenvalue weighted by molar-refractivity contribution is 5.69. The Labute approximate surface area is 147 Å². The zero-order valence-electron chi connectivity index (χ0n) is 14.8. The first kappa shape index (κ1) is 19.0. The molecule has 2 amide bonds. The molecule has 0 radical (unpaired) electrons. The van der Waals surface area contributed by atoms with Gasteiger partial charge in [0.15, 0.2) is 0 Å². The van der Waals surface area contributed by atoms with E-state index in [0.717, 1.165) is 5.56 Å². The molecule has 1 aliphatic heterocycles. The van der Waals surface area contributed by atoms with Gasteiger partial charge in [-0.15, -0.1) is 0 Å². The van der Waals surface area contributed by atoms with E-state index in [1.807, 2.05) is 30.3 Å². The molecule has 1 fully saturated rings. The zero-order chi connectivity index (χ0) is 18.4. The van der Waals surface area contributed by atoms with Crippen LogP contribution < -0.4 is 5.32 Å². The van der Waals surface area contributed by atoms with Crippen molar-refractivity contribution in [1.82, 2.24) is 10.2 Å². The molecule has 2 atom stereocenters. The minimum atomic E-state index is -1.37.